The lowest BCUT2D eigenvalue weighted by atomic mass is 9.80. The number of hydrogen-bond donors (Lipinski definition) is 1. The molecule has 1 atom stereocenters. The van der Waals surface area contributed by atoms with Crippen LogP contribution in [0.15, 0.2) is 31.0 Å². The fraction of sp³-hybridized carbons (Fsp3) is 0.375. The largest absolute Gasteiger partial charge is 0.347 e. The first-order valence-corrected chi connectivity index (χ1v) is 6.92. The summed E-state index contributed by atoms with van der Waals surface area (Å²) >= 11 is 0. The number of fused-ring (bicyclic) bond motifs is 3. The third kappa shape index (κ3) is 2.01. The van der Waals surface area contributed by atoms with Gasteiger partial charge in [-0.1, -0.05) is 12.1 Å². The van der Waals surface area contributed by atoms with Crippen molar-refractivity contribution >= 4 is 11.4 Å². The maximum Gasteiger partial charge on any atom is 0.217 e. The molecular formula is C16H19N3O. The third-order valence-electron chi connectivity index (χ3n) is 4.08. The number of rotatable bonds is 2. The lowest BCUT2D eigenvalue weighted by Crippen LogP contribution is -2.49. The van der Waals surface area contributed by atoms with Crippen LogP contribution in [0.3, 0.4) is 0 Å². The van der Waals surface area contributed by atoms with E-state index in [9.17, 15) is 4.79 Å². The minimum absolute atomic E-state index is 0.0133. The van der Waals surface area contributed by atoms with Crippen LogP contribution in [-0.2, 0) is 17.6 Å². The molecule has 1 aliphatic rings. The van der Waals surface area contributed by atoms with Gasteiger partial charge in [-0.15, -0.1) is 6.58 Å². The van der Waals surface area contributed by atoms with Crippen molar-refractivity contribution in [2.45, 2.75) is 38.6 Å². The monoisotopic (exact) mass is 269 g/mol. The van der Waals surface area contributed by atoms with Crippen LogP contribution in [0.25, 0.3) is 5.52 Å². The van der Waals surface area contributed by atoms with Crippen LogP contribution in [0, 0.1) is 6.92 Å². The number of carbonyl (C=O) groups is 1. The third-order valence-corrected chi connectivity index (χ3v) is 4.08. The average molecular weight is 269 g/mol. The molecule has 0 saturated heterocycles. The van der Waals surface area contributed by atoms with Gasteiger partial charge < -0.3 is 5.32 Å². The Morgan fingerprint density at radius 1 is 1.55 bits per heavy atom. The summed E-state index contributed by atoms with van der Waals surface area (Å²) in [6, 6.07) is 4.20. The van der Waals surface area contributed by atoms with Gasteiger partial charge in [0.1, 0.15) is 0 Å². The summed E-state index contributed by atoms with van der Waals surface area (Å²) in [6.45, 7) is 7.54. The molecule has 0 spiro atoms. The molecule has 0 bridgehead atoms. The Balaban J connectivity index is 2.07. The molecule has 3 rings (SSSR count). The molecule has 1 unspecified atom stereocenters. The van der Waals surface area contributed by atoms with Gasteiger partial charge in [0.25, 0.3) is 0 Å². The van der Waals surface area contributed by atoms with Crippen LogP contribution in [-0.4, -0.2) is 21.1 Å². The van der Waals surface area contributed by atoms with Crippen molar-refractivity contribution in [1.82, 2.24) is 14.9 Å². The molecule has 2 aromatic heterocycles. The predicted molar refractivity (Wildman–Crippen MR) is 78.7 cm³/mol. The van der Waals surface area contributed by atoms with Gasteiger partial charge in [0.15, 0.2) is 0 Å². The molecule has 0 fully saturated rings. The number of pyridine rings is 1. The predicted octanol–water partition coefficient (Wildman–Crippen LogP) is 2.19. The molecule has 0 aromatic carbocycles. The molecule has 104 valence electrons. The first-order valence-electron chi connectivity index (χ1n) is 6.92. The summed E-state index contributed by atoms with van der Waals surface area (Å²) in [5.74, 6) is -0.0133. The molecule has 4 nitrogen and oxygen atoms in total. The molecule has 2 aromatic rings. The van der Waals surface area contributed by atoms with Crippen molar-refractivity contribution in [2.24, 2.45) is 0 Å². The summed E-state index contributed by atoms with van der Waals surface area (Å²) in [5.41, 5.74) is 4.34. The summed E-state index contributed by atoms with van der Waals surface area (Å²) in [4.78, 5) is 11.5. The van der Waals surface area contributed by atoms with E-state index in [4.69, 9.17) is 0 Å². The number of nitrogens with zero attached hydrogens (tertiary/aromatic N) is 2. The Kier molecular flexibility index (Phi) is 2.89. The van der Waals surface area contributed by atoms with Crippen molar-refractivity contribution < 1.29 is 4.79 Å². The van der Waals surface area contributed by atoms with Gasteiger partial charge in [0.2, 0.25) is 5.91 Å². The Labute approximate surface area is 118 Å². The second kappa shape index (κ2) is 4.47. The zero-order valence-corrected chi connectivity index (χ0v) is 11.9. The number of aromatic nitrogens is 2. The van der Waals surface area contributed by atoms with Crippen LogP contribution in [0.1, 0.15) is 30.2 Å². The highest BCUT2D eigenvalue weighted by Gasteiger charge is 2.34. The van der Waals surface area contributed by atoms with Gasteiger partial charge in [0.05, 0.1) is 16.7 Å². The van der Waals surface area contributed by atoms with Crippen LogP contribution in [0.5, 0.6) is 0 Å². The van der Waals surface area contributed by atoms with Gasteiger partial charge in [-0.3, -0.25) is 4.79 Å². The highest BCUT2D eigenvalue weighted by molar-refractivity contribution is 5.74. The van der Waals surface area contributed by atoms with Crippen molar-refractivity contribution in [3.8, 4) is 0 Å². The molecular weight excluding hydrogens is 250 g/mol. The Morgan fingerprint density at radius 3 is 3.05 bits per heavy atom. The van der Waals surface area contributed by atoms with E-state index >= 15 is 0 Å². The van der Waals surface area contributed by atoms with E-state index in [1.165, 1.54) is 11.1 Å². The SMILES string of the molecule is C=CC1(NC(C)=O)CCc2nn3cc(C)ccc3c2C1. The first-order chi connectivity index (χ1) is 9.53. The fourth-order valence-electron chi connectivity index (χ4n) is 3.07. The summed E-state index contributed by atoms with van der Waals surface area (Å²) in [7, 11) is 0. The van der Waals surface area contributed by atoms with E-state index in [1.807, 2.05) is 16.8 Å². The number of nitrogens with one attached hydrogen (secondary N) is 1. The first kappa shape index (κ1) is 12.9. The summed E-state index contributed by atoms with van der Waals surface area (Å²) < 4.78 is 1.95. The fourth-order valence-corrected chi connectivity index (χ4v) is 3.07. The van der Waals surface area contributed by atoms with E-state index in [-0.39, 0.29) is 11.4 Å². The quantitative estimate of drug-likeness (QED) is 0.850. The molecule has 0 radical (unpaired) electrons. The normalized spacial score (nSPS) is 21.5. The van der Waals surface area contributed by atoms with E-state index < -0.39 is 0 Å². The second-order valence-corrected chi connectivity index (χ2v) is 5.68. The van der Waals surface area contributed by atoms with E-state index in [0.29, 0.717) is 0 Å². The van der Waals surface area contributed by atoms with Crippen LogP contribution in [0.2, 0.25) is 0 Å². The molecule has 1 aliphatic carbocycles. The molecule has 20 heavy (non-hydrogen) atoms. The molecule has 1 amide bonds. The lowest BCUT2D eigenvalue weighted by molar-refractivity contribution is -0.120. The van der Waals surface area contributed by atoms with Gasteiger partial charge >= 0.3 is 0 Å². The highest BCUT2D eigenvalue weighted by Crippen LogP contribution is 2.32. The zero-order chi connectivity index (χ0) is 14.3. The molecule has 0 aliphatic heterocycles. The van der Waals surface area contributed by atoms with Crippen molar-refractivity contribution in [2.75, 3.05) is 0 Å². The van der Waals surface area contributed by atoms with Crippen LogP contribution >= 0.6 is 0 Å². The van der Waals surface area contributed by atoms with Gasteiger partial charge in [-0.25, -0.2) is 4.52 Å². The highest BCUT2D eigenvalue weighted by atomic mass is 16.1. The molecule has 2 heterocycles. The standard InChI is InChI=1S/C16H19N3O/c1-4-16(17-12(3)20)8-7-14-13(9-16)15-6-5-11(2)10-19(15)18-14/h4-6,10H,1,7-9H2,2-3H3,(H,17,20). The zero-order valence-electron chi connectivity index (χ0n) is 11.9. The summed E-state index contributed by atoms with van der Waals surface area (Å²) in [6.07, 6.45) is 6.39. The van der Waals surface area contributed by atoms with Gasteiger partial charge in [0, 0.05) is 25.1 Å². The summed E-state index contributed by atoms with van der Waals surface area (Å²) in [5, 5.41) is 7.72. The minimum atomic E-state index is -0.340. The van der Waals surface area contributed by atoms with E-state index in [0.717, 1.165) is 30.5 Å². The topological polar surface area (TPSA) is 46.4 Å². The Bertz CT molecular complexity index is 701. The molecule has 4 heteroatoms. The van der Waals surface area contributed by atoms with Crippen molar-refractivity contribution in [1.29, 1.82) is 0 Å². The minimum Gasteiger partial charge on any atom is -0.347 e. The van der Waals surface area contributed by atoms with Crippen LogP contribution in [0.4, 0.5) is 0 Å². The van der Waals surface area contributed by atoms with E-state index in [2.05, 4.69) is 36.1 Å². The van der Waals surface area contributed by atoms with Gasteiger partial charge in [-0.2, -0.15) is 5.10 Å². The number of carbonyl (C=O) groups excluding carboxylic acids is 1. The maximum absolute atomic E-state index is 11.5. The smallest absolute Gasteiger partial charge is 0.217 e. The van der Waals surface area contributed by atoms with Crippen molar-refractivity contribution in [3.63, 3.8) is 0 Å². The average Bonchev–Trinajstić information content (AvgIpc) is 2.74. The number of amides is 1. The second-order valence-electron chi connectivity index (χ2n) is 5.68. The Hall–Kier alpha value is -2.10. The number of hydrogen-bond acceptors (Lipinski definition) is 2. The maximum atomic E-state index is 11.5. The Morgan fingerprint density at radius 2 is 2.35 bits per heavy atom. The lowest BCUT2D eigenvalue weighted by Gasteiger charge is -2.34. The molecule has 0 saturated carbocycles. The van der Waals surface area contributed by atoms with Crippen molar-refractivity contribution in [3.05, 3.63) is 47.8 Å². The molecule has 1 N–H and O–H groups in total. The number of aryl methyl sites for hydroxylation is 2. The van der Waals surface area contributed by atoms with E-state index in [1.54, 1.807) is 6.92 Å². The van der Waals surface area contributed by atoms with Crippen LogP contribution < -0.4 is 5.32 Å². The van der Waals surface area contributed by atoms with Gasteiger partial charge in [-0.05, 0) is 31.4 Å².